The molecule has 0 spiro atoms. The van der Waals surface area contributed by atoms with Crippen LogP contribution in [0.3, 0.4) is 0 Å². The van der Waals surface area contributed by atoms with Crippen LogP contribution in [0.25, 0.3) is 11.2 Å². The minimum absolute atomic E-state index is 0.148. The Hall–Kier alpha value is -2.62. The van der Waals surface area contributed by atoms with Crippen LogP contribution in [0.15, 0.2) is 33.9 Å². The number of imidazole rings is 1. The van der Waals surface area contributed by atoms with Gasteiger partial charge in [-0.15, -0.1) is 0 Å². The molecule has 0 atom stereocenters. The Labute approximate surface area is 184 Å². The third kappa shape index (κ3) is 4.53. The van der Waals surface area contributed by atoms with Crippen LogP contribution in [0, 0.1) is 0 Å². The highest BCUT2D eigenvalue weighted by Gasteiger charge is 2.19. The number of nitrogens with one attached hydrogen (secondary N) is 1. The molecule has 4 rings (SSSR count). The molecule has 0 aliphatic carbocycles. The second kappa shape index (κ2) is 9.25. The third-order valence-corrected chi connectivity index (χ3v) is 5.86. The van der Waals surface area contributed by atoms with Crippen molar-refractivity contribution in [3.05, 3.63) is 55.7 Å². The first-order valence-corrected chi connectivity index (χ1v) is 10.8. The number of hydrogen-bond donors (Lipinski definition) is 1. The predicted molar refractivity (Wildman–Crippen MR) is 121 cm³/mol. The second-order valence-electron chi connectivity index (χ2n) is 7.76. The molecule has 2 aromatic heterocycles. The van der Waals surface area contributed by atoms with Gasteiger partial charge in [-0.25, -0.2) is 4.79 Å². The Morgan fingerprint density at radius 1 is 1.16 bits per heavy atom. The van der Waals surface area contributed by atoms with E-state index in [4.69, 9.17) is 16.3 Å². The smallest absolute Gasteiger partial charge is 0.332 e. The van der Waals surface area contributed by atoms with Gasteiger partial charge in [0.05, 0.1) is 19.8 Å². The van der Waals surface area contributed by atoms with E-state index in [-0.39, 0.29) is 12.1 Å². The zero-order chi connectivity index (χ0) is 22.0. The number of rotatable bonds is 7. The fourth-order valence-corrected chi connectivity index (χ4v) is 4.10. The van der Waals surface area contributed by atoms with Gasteiger partial charge in [0.2, 0.25) is 5.95 Å². The van der Waals surface area contributed by atoms with Crippen molar-refractivity contribution in [1.82, 2.24) is 23.6 Å². The standard InChI is InChI=1S/C21H27ClN6O3/c1-25-17-18(24-20(25)23-7-4-8-27-9-11-31-12-10-27)26(2)21(30)28(19(17)29)14-15-5-3-6-16(22)13-15/h3,5-6,13H,4,7-12,14H2,1-2H3,(H,23,24). The summed E-state index contributed by atoms with van der Waals surface area (Å²) < 4.78 is 9.73. The quantitative estimate of drug-likeness (QED) is 0.550. The van der Waals surface area contributed by atoms with Crippen molar-refractivity contribution in [2.24, 2.45) is 14.1 Å². The average molecular weight is 447 g/mol. The van der Waals surface area contributed by atoms with Gasteiger partial charge in [-0.3, -0.25) is 18.8 Å². The number of morpholine rings is 1. The maximum Gasteiger partial charge on any atom is 0.332 e. The largest absolute Gasteiger partial charge is 0.379 e. The van der Waals surface area contributed by atoms with E-state index in [9.17, 15) is 9.59 Å². The molecule has 0 radical (unpaired) electrons. The fourth-order valence-electron chi connectivity index (χ4n) is 3.89. The van der Waals surface area contributed by atoms with E-state index < -0.39 is 5.69 Å². The molecule has 1 aliphatic rings. The Bertz CT molecular complexity index is 1190. The number of nitrogens with zero attached hydrogens (tertiary/aromatic N) is 5. The summed E-state index contributed by atoms with van der Waals surface area (Å²) in [6, 6.07) is 7.15. The normalized spacial score (nSPS) is 14.9. The van der Waals surface area contributed by atoms with Crippen molar-refractivity contribution in [2.45, 2.75) is 13.0 Å². The van der Waals surface area contributed by atoms with Crippen LogP contribution in [0.1, 0.15) is 12.0 Å². The SMILES string of the molecule is Cn1c(NCCCN2CCOCC2)nc2c1c(=O)n(Cc1cccc(Cl)c1)c(=O)n2C. The number of aryl methyl sites for hydroxylation is 2. The lowest BCUT2D eigenvalue weighted by atomic mass is 10.2. The van der Waals surface area contributed by atoms with Gasteiger partial charge in [0.25, 0.3) is 5.56 Å². The highest BCUT2D eigenvalue weighted by atomic mass is 35.5. The molecule has 10 heteroatoms. The minimum Gasteiger partial charge on any atom is -0.379 e. The topological polar surface area (TPSA) is 86.3 Å². The first-order chi connectivity index (χ1) is 15.0. The molecular weight excluding hydrogens is 420 g/mol. The van der Waals surface area contributed by atoms with Crippen LogP contribution in [0.5, 0.6) is 0 Å². The van der Waals surface area contributed by atoms with E-state index in [1.54, 1.807) is 36.9 Å². The maximum absolute atomic E-state index is 13.2. The molecule has 9 nitrogen and oxygen atoms in total. The van der Waals surface area contributed by atoms with Crippen LogP contribution in [-0.4, -0.2) is 63.0 Å². The molecule has 1 saturated heterocycles. The van der Waals surface area contributed by atoms with E-state index in [0.717, 1.165) is 51.4 Å². The van der Waals surface area contributed by atoms with Crippen molar-refractivity contribution in [3.8, 4) is 0 Å². The Morgan fingerprint density at radius 3 is 2.68 bits per heavy atom. The summed E-state index contributed by atoms with van der Waals surface area (Å²) in [7, 11) is 3.42. The lowest BCUT2D eigenvalue weighted by molar-refractivity contribution is 0.0378. The second-order valence-corrected chi connectivity index (χ2v) is 8.20. The number of benzene rings is 1. The molecule has 1 N–H and O–H groups in total. The molecule has 166 valence electrons. The van der Waals surface area contributed by atoms with E-state index in [0.29, 0.717) is 22.1 Å². The highest BCUT2D eigenvalue weighted by molar-refractivity contribution is 6.30. The van der Waals surface area contributed by atoms with Gasteiger partial charge >= 0.3 is 5.69 Å². The molecule has 3 heterocycles. The lowest BCUT2D eigenvalue weighted by Gasteiger charge is -2.26. The monoisotopic (exact) mass is 446 g/mol. The number of aromatic nitrogens is 4. The molecule has 1 aromatic carbocycles. The van der Waals surface area contributed by atoms with Crippen molar-refractivity contribution < 1.29 is 4.74 Å². The summed E-state index contributed by atoms with van der Waals surface area (Å²) in [5.74, 6) is 0.574. The molecule has 0 unspecified atom stereocenters. The van der Waals surface area contributed by atoms with E-state index >= 15 is 0 Å². The zero-order valence-electron chi connectivity index (χ0n) is 17.8. The third-order valence-electron chi connectivity index (χ3n) is 5.63. The summed E-state index contributed by atoms with van der Waals surface area (Å²) in [5, 5.41) is 3.87. The average Bonchev–Trinajstić information content (AvgIpc) is 3.10. The molecule has 1 fully saturated rings. The molecule has 31 heavy (non-hydrogen) atoms. The first-order valence-electron chi connectivity index (χ1n) is 10.4. The number of fused-ring (bicyclic) bond motifs is 1. The number of hydrogen-bond acceptors (Lipinski definition) is 6. The Balaban J connectivity index is 1.56. The van der Waals surface area contributed by atoms with Crippen LogP contribution in [0.2, 0.25) is 5.02 Å². The predicted octanol–water partition coefficient (Wildman–Crippen LogP) is 1.27. The summed E-state index contributed by atoms with van der Waals surface area (Å²) in [6.45, 7) is 5.34. The van der Waals surface area contributed by atoms with Crippen molar-refractivity contribution >= 4 is 28.7 Å². The van der Waals surface area contributed by atoms with E-state index in [1.807, 2.05) is 6.07 Å². The van der Waals surface area contributed by atoms with E-state index in [1.165, 1.54) is 9.13 Å². The summed E-state index contributed by atoms with van der Waals surface area (Å²) in [5.41, 5.74) is 0.772. The minimum atomic E-state index is -0.408. The molecule has 3 aromatic rings. The van der Waals surface area contributed by atoms with Gasteiger partial charge in [-0.1, -0.05) is 23.7 Å². The lowest BCUT2D eigenvalue weighted by Crippen LogP contribution is -2.39. The number of ether oxygens (including phenoxy) is 1. The van der Waals surface area contributed by atoms with Crippen molar-refractivity contribution in [2.75, 3.05) is 44.7 Å². The Kier molecular flexibility index (Phi) is 6.45. The van der Waals surface area contributed by atoms with Gasteiger partial charge < -0.3 is 14.6 Å². The van der Waals surface area contributed by atoms with Crippen LogP contribution >= 0.6 is 11.6 Å². The molecule has 0 saturated carbocycles. The molecule has 0 amide bonds. The summed E-state index contributed by atoms with van der Waals surface area (Å²) >= 11 is 6.05. The van der Waals surface area contributed by atoms with Crippen molar-refractivity contribution in [3.63, 3.8) is 0 Å². The van der Waals surface area contributed by atoms with Gasteiger partial charge in [0.15, 0.2) is 11.2 Å². The summed E-state index contributed by atoms with van der Waals surface area (Å²) in [6.07, 6.45) is 0.946. The fraction of sp³-hybridized carbons (Fsp3) is 0.476. The highest BCUT2D eigenvalue weighted by Crippen LogP contribution is 2.15. The van der Waals surface area contributed by atoms with Crippen molar-refractivity contribution in [1.29, 1.82) is 0 Å². The molecule has 0 bridgehead atoms. The van der Waals surface area contributed by atoms with Gasteiger partial charge in [-0.2, -0.15) is 4.98 Å². The van der Waals surface area contributed by atoms with Crippen LogP contribution < -0.4 is 16.6 Å². The number of anilines is 1. The van der Waals surface area contributed by atoms with Gasteiger partial charge in [0, 0.05) is 38.8 Å². The molecular formula is C21H27ClN6O3. The molecule has 1 aliphatic heterocycles. The van der Waals surface area contributed by atoms with Gasteiger partial charge in [-0.05, 0) is 30.7 Å². The van der Waals surface area contributed by atoms with Crippen LogP contribution in [-0.2, 0) is 25.4 Å². The Morgan fingerprint density at radius 2 is 1.94 bits per heavy atom. The zero-order valence-corrected chi connectivity index (χ0v) is 18.6. The number of halogens is 1. The van der Waals surface area contributed by atoms with E-state index in [2.05, 4.69) is 15.2 Å². The summed E-state index contributed by atoms with van der Waals surface area (Å²) in [4.78, 5) is 32.9. The van der Waals surface area contributed by atoms with Crippen LogP contribution in [0.4, 0.5) is 5.95 Å². The first kappa shape index (κ1) is 21.6. The van der Waals surface area contributed by atoms with Gasteiger partial charge in [0.1, 0.15) is 0 Å². The maximum atomic E-state index is 13.2.